The monoisotopic (exact) mass is 412 g/mol. The van der Waals surface area contributed by atoms with Crippen LogP contribution in [0.1, 0.15) is 10.4 Å². The van der Waals surface area contributed by atoms with E-state index in [9.17, 15) is 4.79 Å². The summed E-state index contributed by atoms with van der Waals surface area (Å²) in [4.78, 5) is 16.8. The van der Waals surface area contributed by atoms with Crippen LogP contribution < -0.4 is 10.1 Å². The fraction of sp³-hybridized carbons (Fsp3) is 0.0476. The number of anilines is 1. The Bertz CT molecular complexity index is 1280. The number of carbonyl (C=O) groups is 1. The third-order valence-corrected chi connectivity index (χ3v) is 4.40. The lowest BCUT2D eigenvalue weighted by molar-refractivity contribution is 0.102. The number of ether oxygens (including phenoxy) is 1. The van der Waals surface area contributed by atoms with Gasteiger partial charge in [0.15, 0.2) is 0 Å². The number of benzene rings is 3. The van der Waals surface area contributed by atoms with E-state index >= 15 is 0 Å². The van der Waals surface area contributed by atoms with Crippen LogP contribution in [0, 0.1) is 0 Å². The Morgan fingerprint density at radius 1 is 1.10 bits per heavy atom. The number of tetrazole rings is 1. The molecule has 1 N–H and O–H groups in total. The van der Waals surface area contributed by atoms with E-state index in [0.29, 0.717) is 39.8 Å². The zero-order valence-electron chi connectivity index (χ0n) is 16.4. The van der Waals surface area contributed by atoms with E-state index in [1.165, 1.54) is 4.80 Å². The van der Waals surface area contributed by atoms with Gasteiger partial charge in [-0.15, -0.1) is 15.0 Å². The maximum atomic E-state index is 12.7. The van der Waals surface area contributed by atoms with Gasteiger partial charge in [0.1, 0.15) is 5.75 Å². The highest BCUT2D eigenvalue weighted by Crippen LogP contribution is 2.26. The lowest BCUT2D eigenvalue weighted by Crippen LogP contribution is -2.12. The molecule has 0 aliphatic carbocycles. The van der Waals surface area contributed by atoms with Gasteiger partial charge in [-0.2, -0.15) is 0 Å². The second kappa shape index (κ2) is 8.76. The Morgan fingerprint density at radius 2 is 1.90 bits per heavy atom. The first kappa shape index (κ1) is 19.6. The van der Waals surface area contributed by atoms with Gasteiger partial charge >= 0.3 is 0 Å². The third-order valence-electron chi connectivity index (χ3n) is 4.40. The molecule has 0 aliphatic heterocycles. The summed E-state index contributed by atoms with van der Waals surface area (Å²) in [7, 11) is 1.59. The van der Waals surface area contributed by atoms with Gasteiger partial charge in [0, 0.05) is 27.8 Å². The standard InChI is InChI=1S/C21H16N8O2/c1-31-17-6-4-5-16(13-17)29-26-20(25-28-29)18-7-2-3-8-19(18)23-21(30)14-9-11-15(12-10-14)24-27-22/h2-13H,1H3,(H,23,30). The first-order valence-corrected chi connectivity index (χ1v) is 9.18. The third kappa shape index (κ3) is 4.34. The van der Waals surface area contributed by atoms with Crippen molar-refractivity contribution in [1.29, 1.82) is 0 Å². The fourth-order valence-electron chi connectivity index (χ4n) is 2.88. The van der Waals surface area contributed by atoms with Gasteiger partial charge < -0.3 is 10.1 Å². The topological polar surface area (TPSA) is 131 Å². The highest BCUT2D eigenvalue weighted by atomic mass is 16.5. The molecule has 10 heteroatoms. The zero-order chi connectivity index (χ0) is 21.6. The summed E-state index contributed by atoms with van der Waals surface area (Å²) < 4.78 is 5.23. The molecule has 10 nitrogen and oxygen atoms in total. The van der Waals surface area contributed by atoms with Crippen LogP contribution in [0.2, 0.25) is 0 Å². The minimum Gasteiger partial charge on any atom is -0.497 e. The molecule has 0 saturated carbocycles. The molecule has 0 aliphatic rings. The van der Waals surface area contributed by atoms with Crippen molar-refractivity contribution in [3.05, 3.63) is 88.8 Å². The molecule has 0 spiro atoms. The van der Waals surface area contributed by atoms with Gasteiger partial charge in [-0.1, -0.05) is 35.4 Å². The van der Waals surface area contributed by atoms with Crippen molar-refractivity contribution < 1.29 is 9.53 Å². The van der Waals surface area contributed by atoms with Gasteiger partial charge in [0.05, 0.1) is 18.5 Å². The quantitative estimate of drug-likeness (QED) is 0.282. The average molecular weight is 412 g/mol. The smallest absolute Gasteiger partial charge is 0.255 e. The lowest BCUT2D eigenvalue weighted by Gasteiger charge is -2.09. The van der Waals surface area contributed by atoms with Crippen molar-refractivity contribution in [2.75, 3.05) is 12.4 Å². The van der Waals surface area contributed by atoms with E-state index in [4.69, 9.17) is 10.3 Å². The molecule has 4 aromatic rings. The normalized spacial score (nSPS) is 10.2. The van der Waals surface area contributed by atoms with Crippen molar-refractivity contribution in [3.8, 4) is 22.8 Å². The molecule has 0 atom stereocenters. The second-order valence-electron chi connectivity index (χ2n) is 6.34. The summed E-state index contributed by atoms with van der Waals surface area (Å²) in [6.07, 6.45) is 0. The van der Waals surface area contributed by atoms with Crippen LogP contribution >= 0.6 is 0 Å². The van der Waals surface area contributed by atoms with Crippen LogP contribution in [0.4, 0.5) is 11.4 Å². The number of rotatable bonds is 6. The van der Waals surface area contributed by atoms with Crippen molar-refractivity contribution >= 4 is 17.3 Å². The van der Waals surface area contributed by atoms with E-state index < -0.39 is 0 Å². The largest absolute Gasteiger partial charge is 0.497 e. The minimum atomic E-state index is -0.319. The van der Waals surface area contributed by atoms with Crippen LogP contribution in [0.3, 0.4) is 0 Å². The molecule has 31 heavy (non-hydrogen) atoms. The van der Waals surface area contributed by atoms with Crippen molar-refractivity contribution in [2.24, 2.45) is 5.11 Å². The van der Waals surface area contributed by atoms with Crippen LogP contribution in [0.5, 0.6) is 5.75 Å². The number of aromatic nitrogens is 4. The van der Waals surface area contributed by atoms with Crippen molar-refractivity contribution in [3.63, 3.8) is 0 Å². The lowest BCUT2D eigenvalue weighted by atomic mass is 10.1. The molecule has 0 saturated heterocycles. The van der Waals surface area contributed by atoms with Gasteiger partial charge in [-0.3, -0.25) is 4.79 Å². The average Bonchev–Trinajstić information content (AvgIpc) is 3.30. The zero-order valence-corrected chi connectivity index (χ0v) is 16.4. The van der Waals surface area contributed by atoms with E-state index in [1.807, 2.05) is 24.3 Å². The van der Waals surface area contributed by atoms with Crippen molar-refractivity contribution in [1.82, 2.24) is 20.2 Å². The Morgan fingerprint density at radius 3 is 2.68 bits per heavy atom. The Labute approximate surface area is 176 Å². The molecule has 0 fully saturated rings. The number of carbonyl (C=O) groups excluding carboxylic acids is 1. The van der Waals surface area contributed by atoms with Gasteiger partial charge in [0.2, 0.25) is 5.82 Å². The van der Waals surface area contributed by atoms with Crippen molar-refractivity contribution in [2.45, 2.75) is 0 Å². The highest BCUT2D eigenvalue weighted by Gasteiger charge is 2.14. The van der Waals surface area contributed by atoms with Crippen LogP contribution in [0.25, 0.3) is 27.5 Å². The molecule has 1 heterocycles. The summed E-state index contributed by atoms with van der Waals surface area (Å²) in [5.41, 5.74) is 11.2. The molecule has 0 radical (unpaired) electrons. The maximum Gasteiger partial charge on any atom is 0.255 e. The molecule has 1 aromatic heterocycles. The number of hydrogen-bond donors (Lipinski definition) is 1. The van der Waals surface area contributed by atoms with Crippen LogP contribution in [-0.2, 0) is 0 Å². The van der Waals surface area contributed by atoms with Gasteiger partial charge in [-0.25, -0.2) is 0 Å². The Kier molecular flexibility index (Phi) is 5.55. The van der Waals surface area contributed by atoms with Crippen LogP contribution in [0.15, 0.2) is 77.9 Å². The summed E-state index contributed by atoms with van der Waals surface area (Å²) in [5, 5.41) is 19.0. The molecule has 1 amide bonds. The molecule has 0 bridgehead atoms. The molecular formula is C21H16N8O2. The summed E-state index contributed by atoms with van der Waals surface area (Å²) in [6, 6.07) is 20.8. The minimum absolute atomic E-state index is 0.319. The van der Waals surface area contributed by atoms with E-state index in [-0.39, 0.29) is 5.91 Å². The number of nitrogens with zero attached hydrogens (tertiary/aromatic N) is 7. The molecule has 0 unspecified atom stereocenters. The van der Waals surface area contributed by atoms with Crippen LogP contribution in [-0.4, -0.2) is 33.2 Å². The Balaban J connectivity index is 1.59. The molecular weight excluding hydrogens is 396 g/mol. The SMILES string of the molecule is COc1cccc(-n2nnc(-c3ccccc3NC(=O)c3ccc(N=[N+]=[N-])cc3)n2)c1. The van der Waals surface area contributed by atoms with E-state index in [1.54, 1.807) is 55.6 Å². The number of amides is 1. The van der Waals surface area contributed by atoms with Gasteiger partial charge in [-0.05, 0) is 47.1 Å². The van der Waals surface area contributed by atoms with Gasteiger partial charge in [0.25, 0.3) is 5.91 Å². The number of hydrogen-bond acceptors (Lipinski definition) is 6. The second-order valence-corrected chi connectivity index (χ2v) is 6.34. The Hall–Kier alpha value is -4.69. The predicted octanol–water partition coefficient (Wildman–Crippen LogP) is 4.53. The fourth-order valence-corrected chi connectivity index (χ4v) is 2.88. The molecule has 3 aromatic carbocycles. The molecule has 152 valence electrons. The first-order chi connectivity index (χ1) is 15.2. The number of para-hydroxylation sites is 1. The summed E-state index contributed by atoms with van der Waals surface area (Å²) >= 11 is 0. The van der Waals surface area contributed by atoms with E-state index in [0.717, 1.165) is 0 Å². The number of methoxy groups -OCH3 is 1. The highest BCUT2D eigenvalue weighted by molar-refractivity contribution is 6.06. The predicted molar refractivity (Wildman–Crippen MR) is 114 cm³/mol. The first-order valence-electron chi connectivity index (χ1n) is 9.18. The summed E-state index contributed by atoms with van der Waals surface area (Å²) in [5.74, 6) is 0.716. The number of nitrogens with one attached hydrogen (secondary N) is 1. The van der Waals surface area contributed by atoms with E-state index in [2.05, 4.69) is 30.8 Å². The molecule has 4 rings (SSSR count). The maximum absolute atomic E-state index is 12.7. The summed E-state index contributed by atoms with van der Waals surface area (Å²) in [6.45, 7) is 0. The number of azide groups is 1.